The van der Waals surface area contributed by atoms with Crippen LogP contribution in [0.2, 0.25) is 0 Å². The number of nitrogens with zero attached hydrogens (tertiary/aromatic N) is 1. The smallest absolute Gasteiger partial charge is 0.243 e. The third kappa shape index (κ3) is 7.99. The highest BCUT2D eigenvalue weighted by Gasteiger charge is 2.32. The Hall–Kier alpha value is -3.60. The van der Waals surface area contributed by atoms with Gasteiger partial charge in [0.05, 0.1) is 13.5 Å². The third-order valence-corrected chi connectivity index (χ3v) is 5.72. The number of aryl methyl sites for hydroxylation is 1. The molecule has 0 heterocycles. The summed E-state index contributed by atoms with van der Waals surface area (Å²) in [4.78, 5) is 29.1. The predicted molar refractivity (Wildman–Crippen MR) is 140 cm³/mol. The van der Waals surface area contributed by atoms with Crippen LogP contribution >= 0.6 is 0 Å². The van der Waals surface area contributed by atoms with Gasteiger partial charge >= 0.3 is 0 Å². The van der Waals surface area contributed by atoms with Crippen LogP contribution in [0, 0.1) is 6.92 Å². The lowest BCUT2D eigenvalue weighted by molar-refractivity contribution is -0.141. The summed E-state index contributed by atoms with van der Waals surface area (Å²) < 4.78 is 5.25. The van der Waals surface area contributed by atoms with Crippen LogP contribution in [0.3, 0.4) is 0 Å². The van der Waals surface area contributed by atoms with Gasteiger partial charge in [-0.05, 0) is 56.5 Å². The summed E-state index contributed by atoms with van der Waals surface area (Å²) in [6.07, 6.45) is 0.632. The van der Waals surface area contributed by atoms with Crippen molar-refractivity contribution in [1.29, 1.82) is 0 Å². The van der Waals surface area contributed by atoms with Crippen molar-refractivity contribution in [3.05, 3.63) is 101 Å². The molecule has 3 aromatic rings. The average Bonchev–Trinajstić information content (AvgIpc) is 2.81. The van der Waals surface area contributed by atoms with Crippen molar-refractivity contribution in [1.82, 2.24) is 10.2 Å². The normalized spacial score (nSPS) is 12.0. The van der Waals surface area contributed by atoms with Crippen LogP contribution in [0.25, 0.3) is 0 Å². The highest BCUT2D eigenvalue weighted by Crippen LogP contribution is 2.19. The lowest BCUT2D eigenvalue weighted by Crippen LogP contribution is -2.54. The van der Waals surface area contributed by atoms with Gasteiger partial charge in [-0.15, -0.1) is 0 Å². The van der Waals surface area contributed by atoms with Gasteiger partial charge < -0.3 is 15.0 Å². The molecular formula is C30H36N2O3. The Bertz CT molecular complexity index is 1120. The first kappa shape index (κ1) is 26.0. The molecule has 0 radical (unpaired) electrons. The van der Waals surface area contributed by atoms with E-state index >= 15 is 0 Å². The summed E-state index contributed by atoms with van der Waals surface area (Å²) in [5, 5.41) is 3.10. The molecule has 0 aliphatic carbocycles. The Morgan fingerprint density at radius 3 is 2.14 bits per heavy atom. The molecule has 2 amide bonds. The summed E-state index contributed by atoms with van der Waals surface area (Å²) in [5.41, 5.74) is 3.58. The van der Waals surface area contributed by atoms with E-state index in [4.69, 9.17) is 4.74 Å². The molecule has 0 unspecified atom stereocenters. The fraction of sp³-hybridized carbons (Fsp3) is 0.333. The highest BCUT2D eigenvalue weighted by molar-refractivity contribution is 5.89. The van der Waals surface area contributed by atoms with Crippen LogP contribution in [0.4, 0.5) is 0 Å². The quantitative estimate of drug-likeness (QED) is 0.471. The Morgan fingerprint density at radius 2 is 1.54 bits per heavy atom. The molecule has 1 N–H and O–H groups in total. The molecule has 5 nitrogen and oxygen atoms in total. The molecule has 35 heavy (non-hydrogen) atoms. The van der Waals surface area contributed by atoms with Crippen molar-refractivity contribution in [3.8, 4) is 5.75 Å². The summed E-state index contributed by atoms with van der Waals surface area (Å²) in [5.74, 6) is 0.489. The Kier molecular flexibility index (Phi) is 8.69. The molecule has 5 heteroatoms. The molecule has 3 aromatic carbocycles. The van der Waals surface area contributed by atoms with Gasteiger partial charge in [0, 0.05) is 18.5 Å². The van der Waals surface area contributed by atoms with Crippen LogP contribution in [-0.2, 0) is 29.0 Å². The highest BCUT2D eigenvalue weighted by atomic mass is 16.5. The Morgan fingerprint density at radius 1 is 0.886 bits per heavy atom. The minimum absolute atomic E-state index is 0.0957. The van der Waals surface area contributed by atoms with Gasteiger partial charge in [0.25, 0.3) is 0 Å². The number of benzene rings is 3. The van der Waals surface area contributed by atoms with Gasteiger partial charge in [0.15, 0.2) is 0 Å². The van der Waals surface area contributed by atoms with E-state index in [0.717, 1.165) is 28.0 Å². The Labute approximate surface area is 209 Å². The summed E-state index contributed by atoms with van der Waals surface area (Å²) >= 11 is 0. The van der Waals surface area contributed by atoms with Gasteiger partial charge in [-0.2, -0.15) is 0 Å². The fourth-order valence-corrected chi connectivity index (χ4v) is 4.03. The van der Waals surface area contributed by atoms with Crippen molar-refractivity contribution < 1.29 is 14.3 Å². The molecule has 0 fully saturated rings. The number of hydrogen-bond donors (Lipinski definition) is 1. The van der Waals surface area contributed by atoms with E-state index in [0.29, 0.717) is 13.0 Å². The largest absolute Gasteiger partial charge is 0.497 e. The second-order valence-electron chi connectivity index (χ2n) is 9.98. The summed E-state index contributed by atoms with van der Waals surface area (Å²) in [6.45, 7) is 8.24. The van der Waals surface area contributed by atoms with Gasteiger partial charge in [-0.3, -0.25) is 9.59 Å². The predicted octanol–water partition coefficient (Wildman–Crippen LogP) is 5.10. The van der Waals surface area contributed by atoms with Crippen molar-refractivity contribution in [2.24, 2.45) is 0 Å². The van der Waals surface area contributed by atoms with Gasteiger partial charge in [-0.25, -0.2) is 0 Å². The molecule has 3 rings (SSSR count). The molecule has 184 valence electrons. The maximum Gasteiger partial charge on any atom is 0.243 e. The molecule has 0 bridgehead atoms. The maximum atomic E-state index is 13.8. The summed E-state index contributed by atoms with van der Waals surface area (Å²) in [6, 6.07) is 24.8. The lowest BCUT2D eigenvalue weighted by Gasteiger charge is -2.34. The van der Waals surface area contributed by atoms with Gasteiger partial charge in [0.2, 0.25) is 11.8 Å². The van der Waals surface area contributed by atoms with E-state index in [1.165, 1.54) is 0 Å². The second kappa shape index (κ2) is 11.7. The topological polar surface area (TPSA) is 58.6 Å². The lowest BCUT2D eigenvalue weighted by atomic mass is 9.99. The van der Waals surface area contributed by atoms with Crippen molar-refractivity contribution in [3.63, 3.8) is 0 Å². The SMILES string of the molecule is COc1ccc(CC(=O)N(Cc2cccc(C)c2)[C@H](Cc2ccccc2)C(=O)NC(C)(C)C)cc1. The second-order valence-corrected chi connectivity index (χ2v) is 9.98. The summed E-state index contributed by atoms with van der Waals surface area (Å²) in [7, 11) is 1.62. The van der Waals surface area contributed by atoms with Crippen molar-refractivity contribution >= 4 is 11.8 Å². The van der Waals surface area contributed by atoms with E-state index in [2.05, 4.69) is 11.4 Å². The van der Waals surface area contributed by atoms with Crippen LogP contribution in [-0.4, -0.2) is 35.4 Å². The minimum Gasteiger partial charge on any atom is -0.497 e. The minimum atomic E-state index is -0.650. The first-order valence-corrected chi connectivity index (χ1v) is 12.0. The Balaban J connectivity index is 1.97. The molecule has 0 aromatic heterocycles. The molecular weight excluding hydrogens is 436 g/mol. The number of ether oxygens (including phenoxy) is 1. The number of rotatable bonds is 9. The first-order valence-electron chi connectivity index (χ1n) is 12.0. The van der Waals surface area contributed by atoms with Gasteiger partial charge in [-0.1, -0.05) is 72.3 Å². The molecule has 1 atom stereocenters. The molecule has 0 saturated carbocycles. The van der Waals surface area contributed by atoms with E-state index in [9.17, 15) is 9.59 Å². The molecule has 0 saturated heterocycles. The molecule has 0 aliphatic heterocycles. The van der Waals surface area contributed by atoms with Gasteiger partial charge in [0.1, 0.15) is 11.8 Å². The third-order valence-electron chi connectivity index (χ3n) is 5.72. The van der Waals surface area contributed by atoms with E-state index in [1.807, 2.05) is 100 Å². The average molecular weight is 473 g/mol. The number of amides is 2. The zero-order valence-corrected chi connectivity index (χ0v) is 21.4. The fourth-order valence-electron chi connectivity index (χ4n) is 4.03. The number of hydrogen-bond acceptors (Lipinski definition) is 3. The van der Waals surface area contributed by atoms with E-state index < -0.39 is 11.6 Å². The number of methoxy groups -OCH3 is 1. The number of carbonyl (C=O) groups is 2. The molecule has 0 spiro atoms. The van der Waals surface area contributed by atoms with Crippen molar-refractivity contribution in [2.45, 2.75) is 58.7 Å². The first-order chi connectivity index (χ1) is 16.6. The van der Waals surface area contributed by atoms with Crippen LogP contribution < -0.4 is 10.1 Å². The molecule has 0 aliphatic rings. The van der Waals surface area contributed by atoms with Crippen molar-refractivity contribution in [2.75, 3.05) is 7.11 Å². The maximum absolute atomic E-state index is 13.8. The van der Waals surface area contributed by atoms with E-state index in [-0.39, 0.29) is 18.2 Å². The number of carbonyl (C=O) groups excluding carboxylic acids is 2. The monoisotopic (exact) mass is 472 g/mol. The zero-order chi connectivity index (χ0) is 25.4. The van der Waals surface area contributed by atoms with Crippen LogP contribution in [0.15, 0.2) is 78.9 Å². The standard InChI is InChI=1S/C30H36N2O3/c1-22-10-9-13-25(18-22)21-32(28(33)20-24-14-16-26(35-5)17-15-24)27(29(34)31-30(2,3)4)19-23-11-7-6-8-12-23/h6-18,27H,19-21H2,1-5H3,(H,31,34)/t27-/m1/s1. The van der Waals surface area contributed by atoms with E-state index in [1.54, 1.807) is 12.0 Å². The van der Waals surface area contributed by atoms with Crippen LogP contribution in [0.5, 0.6) is 5.75 Å². The zero-order valence-electron chi connectivity index (χ0n) is 21.4. The number of nitrogens with one attached hydrogen (secondary N) is 1. The van der Waals surface area contributed by atoms with Crippen LogP contribution in [0.1, 0.15) is 43.0 Å².